The van der Waals surface area contributed by atoms with Gasteiger partial charge in [0.2, 0.25) is 0 Å². The fraction of sp³-hybridized carbons (Fsp3) is 0.600. The van der Waals surface area contributed by atoms with E-state index in [-0.39, 0.29) is 23.3 Å². The Morgan fingerprint density at radius 3 is 2.97 bits per heavy atom. The predicted molar refractivity (Wildman–Crippen MR) is 112 cm³/mol. The maximum Gasteiger partial charge on any atom is 0.330 e. The van der Waals surface area contributed by atoms with Crippen molar-refractivity contribution in [2.75, 3.05) is 20.2 Å². The smallest absolute Gasteiger partial charge is 0.330 e. The van der Waals surface area contributed by atoms with Crippen molar-refractivity contribution in [3.05, 3.63) is 34.4 Å². The summed E-state index contributed by atoms with van der Waals surface area (Å²) >= 11 is 0. The minimum Gasteiger partial charge on any atom is -0.481 e. The Labute approximate surface area is 177 Å². The molecule has 1 saturated heterocycles. The van der Waals surface area contributed by atoms with Crippen LogP contribution in [0.4, 0.5) is 0 Å². The molecule has 6 rings (SSSR count). The molecule has 0 amide bonds. The van der Waals surface area contributed by atoms with Gasteiger partial charge in [-0.15, -0.1) is 0 Å². The van der Waals surface area contributed by atoms with Crippen LogP contribution in [0, 0.1) is 18.8 Å². The van der Waals surface area contributed by atoms with Gasteiger partial charge in [0.15, 0.2) is 11.9 Å². The third-order valence-electron chi connectivity index (χ3n) is 8.38. The first-order chi connectivity index (χ1) is 14.5. The molecule has 1 aromatic carbocycles. The highest BCUT2D eigenvalue weighted by Crippen LogP contribution is 2.62. The number of piperidine rings is 1. The topological polar surface area (TPSA) is 55.8 Å². The van der Waals surface area contributed by atoms with Crippen LogP contribution in [0.1, 0.15) is 54.4 Å². The third-order valence-corrected chi connectivity index (χ3v) is 8.38. The maximum absolute atomic E-state index is 13.0. The fourth-order valence-electron chi connectivity index (χ4n) is 6.94. The number of nitrogens with zero attached hydrogens (tertiary/aromatic N) is 1. The standard InChI is InChI=1S/C25H29NO4/c1-14-11-16(5-8-21(28)29-2)17-12-19-18-6-7-20(27)24-25(18,22(17)23(14)30-24)9-10-26(19)13-15-3-4-15/h5,8,11,15,18-19,24H,3-4,6-7,9-10,12-13H2,1-2H3/b8-5+/t18?,19?,24-,25-/m1/s1. The number of esters is 1. The molecule has 5 heteroatoms. The van der Waals surface area contributed by atoms with E-state index in [0.29, 0.717) is 18.4 Å². The fourth-order valence-corrected chi connectivity index (χ4v) is 6.94. The zero-order valence-corrected chi connectivity index (χ0v) is 17.8. The molecule has 2 aliphatic heterocycles. The molecule has 0 radical (unpaired) electrons. The quantitative estimate of drug-likeness (QED) is 0.567. The Hall–Kier alpha value is -2.14. The van der Waals surface area contributed by atoms with E-state index in [0.717, 1.165) is 48.6 Å². The van der Waals surface area contributed by atoms with Gasteiger partial charge in [0, 0.05) is 36.1 Å². The van der Waals surface area contributed by atoms with E-state index < -0.39 is 0 Å². The summed E-state index contributed by atoms with van der Waals surface area (Å²) in [6.07, 6.45) is 9.39. The van der Waals surface area contributed by atoms with E-state index in [1.807, 2.05) is 6.08 Å². The number of carbonyl (C=O) groups is 2. The lowest BCUT2D eigenvalue weighted by molar-refractivity contribution is -0.139. The van der Waals surface area contributed by atoms with Crippen LogP contribution in [0.2, 0.25) is 0 Å². The molecule has 2 heterocycles. The molecule has 2 bridgehead atoms. The second kappa shape index (κ2) is 6.43. The highest BCUT2D eigenvalue weighted by atomic mass is 16.5. The molecule has 3 fully saturated rings. The number of ketones is 1. The number of carbonyl (C=O) groups excluding carboxylic acids is 2. The van der Waals surface area contributed by atoms with Crippen molar-refractivity contribution in [3.63, 3.8) is 0 Å². The normalized spacial score (nSPS) is 34.1. The van der Waals surface area contributed by atoms with Crippen LogP contribution in [0.25, 0.3) is 6.08 Å². The number of rotatable bonds is 4. The van der Waals surface area contributed by atoms with E-state index in [1.165, 1.54) is 43.7 Å². The van der Waals surface area contributed by atoms with E-state index in [1.54, 1.807) is 0 Å². The van der Waals surface area contributed by atoms with Crippen LogP contribution in [0.3, 0.4) is 0 Å². The highest BCUT2D eigenvalue weighted by Gasteiger charge is 2.66. The molecule has 30 heavy (non-hydrogen) atoms. The molecule has 158 valence electrons. The van der Waals surface area contributed by atoms with Crippen LogP contribution >= 0.6 is 0 Å². The molecule has 4 atom stereocenters. The van der Waals surface area contributed by atoms with Crippen molar-refractivity contribution < 1.29 is 19.1 Å². The van der Waals surface area contributed by atoms with Gasteiger partial charge < -0.3 is 9.47 Å². The van der Waals surface area contributed by atoms with Gasteiger partial charge >= 0.3 is 5.97 Å². The molecule has 0 N–H and O–H groups in total. The first kappa shape index (κ1) is 18.6. The third kappa shape index (κ3) is 2.44. The number of hydrogen-bond donors (Lipinski definition) is 0. The van der Waals surface area contributed by atoms with Gasteiger partial charge in [-0.3, -0.25) is 9.69 Å². The Morgan fingerprint density at radius 1 is 1.37 bits per heavy atom. The van der Waals surface area contributed by atoms with Gasteiger partial charge in [0.1, 0.15) is 5.75 Å². The van der Waals surface area contributed by atoms with E-state index in [2.05, 4.69) is 17.9 Å². The number of likely N-dealkylation sites (tertiary alicyclic amines) is 1. The van der Waals surface area contributed by atoms with Gasteiger partial charge in [-0.2, -0.15) is 0 Å². The van der Waals surface area contributed by atoms with Crippen LogP contribution in [-0.2, 0) is 26.2 Å². The van der Waals surface area contributed by atoms with Crippen molar-refractivity contribution in [2.45, 2.75) is 63.0 Å². The zero-order valence-electron chi connectivity index (χ0n) is 17.8. The van der Waals surface area contributed by atoms with Crippen LogP contribution in [-0.4, -0.2) is 49.0 Å². The maximum atomic E-state index is 13.0. The number of Topliss-reactive ketones (excluding diaryl/α,β-unsaturated/α-hetero) is 1. The van der Waals surface area contributed by atoms with Crippen molar-refractivity contribution in [1.29, 1.82) is 0 Å². The summed E-state index contributed by atoms with van der Waals surface area (Å²) in [5.74, 6) is 2.22. The molecule has 5 nitrogen and oxygen atoms in total. The minimum atomic E-state index is -0.343. The van der Waals surface area contributed by atoms with Crippen molar-refractivity contribution >= 4 is 17.8 Å². The lowest BCUT2D eigenvalue weighted by Crippen LogP contribution is -2.66. The summed E-state index contributed by atoms with van der Waals surface area (Å²) < 4.78 is 11.3. The number of ether oxygens (including phenoxy) is 2. The highest BCUT2D eigenvalue weighted by molar-refractivity contribution is 5.90. The first-order valence-corrected chi connectivity index (χ1v) is 11.4. The van der Waals surface area contributed by atoms with Gasteiger partial charge in [0.05, 0.1) is 7.11 Å². The molecule has 3 aliphatic carbocycles. The molecule has 2 saturated carbocycles. The first-order valence-electron chi connectivity index (χ1n) is 11.4. The number of hydrogen-bond acceptors (Lipinski definition) is 5. The summed E-state index contributed by atoms with van der Waals surface area (Å²) in [6.45, 7) is 4.32. The Morgan fingerprint density at radius 2 is 2.20 bits per heavy atom. The largest absolute Gasteiger partial charge is 0.481 e. The van der Waals surface area contributed by atoms with Crippen molar-refractivity contribution in [3.8, 4) is 5.75 Å². The SMILES string of the molecule is COC(=O)/C=C/c1cc(C)c2c3c1CC1C4CCC(=O)[C@@H](O2)[C@@]34CCN1CC1CC1. The second-order valence-electron chi connectivity index (χ2n) is 9.93. The van der Waals surface area contributed by atoms with E-state index in [9.17, 15) is 9.59 Å². The summed E-state index contributed by atoms with van der Waals surface area (Å²) in [6, 6.07) is 2.58. The van der Waals surface area contributed by atoms with Crippen LogP contribution < -0.4 is 4.74 Å². The van der Waals surface area contributed by atoms with E-state index in [4.69, 9.17) is 9.47 Å². The van der Waals surface area contributed by atoms with Gasteiger partial charge in [0.25, 0.3) is 0 Å². The molecule has 5 aliphatic rings. The molecule has 1 spiro atoms. The summed E-state index contributed by atoms with van der Waals surface area (Å²) in [4.78, 5) is 27.5. The average Bonchev–Trinajstić information content (AvgIpc) is 3.49. The van der Waals surface area contributed by atoms with Gasteiger partial charge in [-0.1, -0.05) is 0 Å². The van der Waals surface area contributed by atoms with E-state index >= 15 is 0 Å². The van der Waals surface area contributed by atoms with Gasteiger partial charge in [-0.25, -0.2) is 4.79 Å². The van der Waals surface area contributed by atoms with Crippen molar-refractivity contribution in [1.82, 2.24) is 4.90 Å². The van der Waals surface area contributed by atoms with Crippen molar-refractivity contribution in [2.24, 2.45) is 11.8 Å². The second-order valence-corrected chi connectivity index (χ2v) is 9.93. The molecule has 0 aromatic heterocycles. The molecular formula is C25H29NO4. The van der Waals surface area contributed by atoms with Crippen LogP contribution in [0.5, 0.6) is 5.75 Å². The Bertz CT molecular complexity index is 978. The summed E-state index contributed by atoms with van der Waals surface area (Å²) in [7, 11) is 1.40. The number of benzene rings is 1. The lowest BCUT2D eigenvalue weighted by atomic mass is 9.51. The molecule has 1 aromatic rings. The summed E-state index contributed by atoms with van der Waals surface area (Å²) in [5.41, 5.74) is 4.54. The Kier molecular flexibility index (Phi) is 3.99. The predicted octanol–water partition coefficient (Wildman–Crippen LogP) is 3.20. The van der Waals surface area contributed by atoms with Crippen LogP contribution in [0.15, 0.2) is 12.1 Å². The Balaban J connectivity index is 1.52. The zero-order chi connectivity index (χ0) is 20.6. The number of methoxy groups -OCH3 is 1. The minimum absolute atomic E-state index is 0.178. The monoisotopic (exact) mass is 407 g/mol. The molecular weight excluding hydrogens is 378 g/mol. The lowest BCUT2D eigenvalue weighted by Gasteiger charge is -2.58. The number of aryl methyl sites for hydroxylation is 1. The molecule has 2 unspecified atom stereocenters. The average molecular weight is 408 g/mol. The van der Waals surface area contributed by atoms with Gasteiger partial charge in [-0.05, 0) is 86.2 Å². The summed E-state index contributed by atoms with van der Waals surface area (Å²) in [5, 5.41) is 0.